The summed E-state index contributed by atoms with van der Waals surface area (Å²) in [5, 5.41) is 8.46. The number of piperidine rings is 1. The van der Waals surface area contributed by atoms with E-state index in [9.17, 15) is 19.2 Å². The fraction of sp³-hybridized carbons (Fsp3) is 0.600. The molecular formula is C25H36N4O8. The van der Waals surface area contributed by atoms with Gasteiger partial charge in [-0.25, -0.2) is 4.79 Å². The molecule has 0 radical (unpaired) electrons. The van der Waals surface area contributed by atoms with Gasteiger partial charge in [0.25, 0.3) is 11.8 Å². The number of rotatable bonds is 12. The number of hydrogen-bond acceptors (Lipinski definition) is 9. The zero-order valence-electron chi connectivity index (χ0n) is 21.8. The molecule has 2 atom stereocenters. The molecule has 0 aliphatic carbocycles. The van der Waals surface area contributed by atoms with E-state index >= 15 is 0 Å². The summed E-state index contributed by atoms with van der Waals surface area (Å²) in [4.78, 5) is 50.8. The van der Waals surface area contributed by atoms with E-state index in [0.717, 1.165) is 0 Å². The van der Waals surface area contributed by atoms with Crippen molar-refractivity contribution in [3.63, 3.8) is 0 Å². The fourth-order valence-corrected chi connectivity index (χ4v) is 4.11. The van der Waals surface area contributed by atoms with E-state index in [1.807, 2.05) is 0 Å². The van der Waals surface area contributed by atoms with E-state index in [4.69, 9.17) is 18.9 Å². The molecule has 12 heteroatoms. The minimum atomic E-state index is -0.747. The number of methoxy groups -OCH3 is 1. The topological polar surface area (TPSA) is 145 Å². The summed E-state index contributed by atoms with van der Waals surface area (Å²) in [6.07, 6.45) is -0.683. The Hall–Kier alpha value is -3.22. The Morgan fingerprint density at radius 3 is 2.43 bits per heavy atom. The van der Waals surface area contributed by atoms with Crippen LogP contribution in [0.4, 0.5) is 10.5 Å². The molecule has 0 spiro atoms. The first kappa shape index (κ1) is 28.4. The van der Waals surface area contributed by atoms with E-state index in [-0.39, 0.29) is 12.3 Å². The Morgan fingerprint density at radius 2 is 1.76 bits per heavy atom. The number of alkyl carbamates (subject to hydrolysis) is 1. The summed E-state index contributed by atoms with van der Waals surface area (Å²) in [6.45, 7) is 7.54. The van der Waals surface area contributed by atoms with Crippen molar-refractivity contribution in [2.24, 2.45) is 0 Å². The highest BCUT2D eigenvalue weighted by Crippen LogP contribution is 2.33. The normalized spacial score (nSPS) is 19.5. The third-order valence-corrected chi connectivity index (χ3v) is 5.70. The molecule has 2 aliphatic heterocycles. The zero-order valence-corrected chi connectivity index (χ0v) is 21.8. The van der Waals surface area contributed by atoms with Gasteiger partial charge in [-0.3, -0.25) is 19.3 Å². The third kappa shape index (κ3) is 7.63. The van der Waals surface area contributed by atoms with Crippen molar-refractivity contribution < 1.29 is 38.1 Å². The molecule has 0 saturated carbocycles. The lowest BCUT2D eigenvalue weighted by Gasteiger charge is -2.35. The largest absolute Gasteiger partial charge is 0.444 e. The number of carbonyl (C=O) groups excluding carboxylic acids is 4. The number of carbonyl (C=O) groups is 4. The van der Waals surface area contributed by atoms with E-state index in [0.29, 0.717) is 62.8 Å². The van der Waals surface area contributed by atoms with Gasteiger partial charge in [-0.2, -0.15) is 0 Å². The number of ether oxygens (including phenoxy) is 4. The second kappa shape index (κ2) is 12.8. The second-order valence-corrected chi connectivity index (χ2v) is 9.62. The van der Waals surface area contributed by atoms with E-state index in [1.54, 1.807) is 39.0 Å². The Kier molecular flexibility index (Phi) is 9.84. The van der Waals surface area contributed by atoms with E-state index in [1.165, 1.54) is 12.0 Å². The molecule has 1 aromatic carbocycles. The molecule has 204 valence electrons. The first-order chi connectivity index (χ1) is 17.6. The van der Waals surface area contributed by atoms with Crippen LogP contribution in [0, 0.1) is 0 Å². The zero-order chi connectivity index (χ0) is 27.0. The second-order valence-electron chi connectivity index (χ2n) is 9.62. The van der Waals surface area contributed by atoms with Crippen LogP contribution >= 0.6 is 0 Å². The van der Waals surface area contributed by atoms with Gasteiger partial charge in [0.15, 0.2) is 6.23 Å². The summed E-state index contributed by atoms with van der Waals surface area (Å²) in [6, 6.07) is 4.50. The lowest BCUT2D eigenvalue weighted by atomic mass is 10.0. The molecule has 0 bridgehead atoms. The SMILES string of the molecule is COC1NC(=O)CCC1N1C(=O)c2cccc(NCCOCCOCCNC(=O)OC(C)(C)C)c2C1=O. The number of anilines is 1. The van der Waals surface area contributed by atoms with Crippen molar-refractivity contribution in [2.75, 3.05) is 51.9 Å². The van der Waals surface area contributed by atoms with Crippen molar-refractivity contribution in [3.05, 3.63) is 29.3 Å². The minimum Gasteiger partial charge on any atom is -0.444 e. The van der Waals surface area contributed by atoms with Crippen molar-refractivity contribution in [1.29, 1.82) is 0 Å². The van der Waals surface area contributed by atoms with Crippen LogP contribution in [-0.4, -0.2) is 93.2 Å². The van der Waals surface area contributed by atoms with Crippen LogP contribution < -0.4 is 16.0 Å². The lowest BCUT2D eigenvalue weighted by molar-refractivity contribution is -0.130. The highest BCUT2D eigenvalue weighted by molar-refractivity contribution is 6.24. The van der Waals surface area contributed by atoms with Gasteiger partial charge in [0, 0.05) is 32.3 Å². The van der Waals surface area contributed by atoms with Gasteiger partial charge >= 0.3 is 6.09 Å². The molecular weight excluding hydrogens is 484 g/mol. The Labute approximate surface area is 216 Å². The summed E-state index contributed by atoms with van der Waals surface area (Å²) in [7, 11) is 1.43. The molecule has 37 heavy (non-hydrogen) atoms. The molecule has 0 aromatic heterocycles. The van der Waals surface area contributed by atoms with Gasteiger partial charge in [-0.1, -0.05) is 6.07 Å². The number of hydrogen-bond donors (Lipinski definition) is 3. The van der Waals surface area contributed by atoms with Gasteiger partial charge in [0.2, 0.25) is 5.91 Å². The first-order valence-electron chi connectivity index (χ1n) is 12.3. The molecule has 4 amide bonds. The van der Waals surface area contributed by atoms with Gasteiger partial charge in [0.05, 0.1) is 43.6 Å². The lowest BCUT2D eigenvalue weighted by Crippen LogP contribution is -2.57. The predicted molar refractivity (Wildman–Crippen MR) is 133 cm³/mol. The van der Waals surface area contributed by atoms with Gasteiger partial charge in [-0.05, 0) is 39.3 Å². The molecule has 3 N–H and O–H groups in total. The molecule has 2 aliphatic rings. The number of imide groups is 1. The minimum absolute atomic E-state index is 0.176. The molecule has 2 heterocycles. The smallest absolute Gasteiger partial charge is 0.407 e. The molecule has 1 aromatic rings. The van der Waals surface area contributed by atoms with Crippen LogP contribution in [0.15, 0.2) is 18.2 Å². The molecule has 12 nitrogen and oxygen atoms in total. The summed E-state index contributed by atoms with van der Waals surface area (Å²) >= 11 is 0. The van der Waals surface area contributed by atoms with Crippen molar-refractivity contribution in [2.45, 2.75) is 51.5 Å². The highest BCUT2D eigenvalue weighted by Gasteiger charge is 2.45. The standard InChI is InChI=1S/C25H36N4O8/c1-25(2,3)37-24(33)27-11-13-36-15-14-35-12-10-26-17-7-5-6-16-20(17)23(32)29(22(16)31)18-8-9-19(30)28-21(18)34-4/h5-7,18,21,26H,8-15H2,1-4H3,(H,27,33)(H,28,30). The highest BCUT2D eigenvalue weighted by atomic mass is 16.6. The van der Waals surface area contributed by atoms with Crippen LogP contribution in [0.25, 0.3) is 0 Å². The van der Waals surface area contributed by atoms with E-state index in [2.05, 4.69) is 16.0 Å². The van der Waals surface area contributed by atoms with Crippen molar-refractivity contribution >= 4 is 29.5 Å². The van der Waals surface area contributed by atoms with Gasteiger partial charge < -0.3 is 34.9 Å². The fourth-order valence-electron chi connectivity index (χ4n) is 4.11. The number of nitrogens with zero attached hydrogens (tertiary/aromatic N) is 1. The molecule has 3 rings (SSSR count). The number of benzene rings is 1. The van der Waals surface area contributed by atoms with Gasteiger partial charge in [-0.15, -0.1) is 0 Å². The summed E-state index contributed by atoms with van der Waals surface area (Å²) < 4.78 is 21.4. The quantitative estimate of drug-likeness (QED) is 0.276. The van der Waals surface area contributed by atoms with Crippen molar-refractivity contribution in [1.82, 2.24) is 15.5 Å². The van der Waals surface area contributed by atoms with Crippen LogP contribution in [-0.2, 0) is 23.7 Å². The monoisotopic (exact) mass is 520 g/mol. The summed E-state index contributed by atoms with van der Waals surface area (Å²) in [5.74, 6) is -0.994. The maximum Gasteiger partial charge on any atom is 0.407 e. The number of nitrogens with one attached hydrogen (secondary N) is 3. The first-order valence-corrected chi connectivity index (χ1v) is 12.3. The number of fused-ring (bicyclic) bond motifs is 1. The Bertz CT molecular complexity index is 993. The average Bonchev–Trinajstić information content (AvgIpc) is 3.09. The average molecular weight is 521 g/mol. The summed E-state index contributed by atoms with van der Waals surface area (Å²) in [5.41, 5.74) is 0.618. The molecule has 1 fully saturated rings. The van der Waals surface area contributed by atoms with Gasteiger partial charge in [0.1, 0.15) is 5.60 Å². The molecule has 1 saturated heterocycles. The Balaban J connectivity index is 1.40. The van der Waals surface area contributed by atoms with Crippen LogP contribution in [0.2, 0.25) is 0 Å². The van der Waals surface area contributed by atoms with Crippen LogP contribution in [0.3, 0.4) is 0 Å². The molecule has 2 unspecified atom stereocenters. The van der Waals surface area contributed by atoms with Crippen LogP contribution in [0.5, 0.6) is 0 Å². The maximum absolute atomic E-state index is 13.3. The Morgan fingerprint density at radius 1 is 1.05 bits per heavy atom. The van der Waals surface area contributed by atoms with Crippen molar-refractivity contribution in [3.8, 4) is 0 Å². The number of amides is 4. The van der Waals surface area contributed by atoms with E-state index < -0.39 is 35.8 Å². The van der Waals surface area contributed by atoms with Crippen LogP contribution in [0.1, 0.15) is 54.3 Å². The predicted octanol–water partition coefficient (Wildman–Crippen LogP) is 1.50. The third-order valence-electron chi connectivity index (χ3n) is 5.70. The maximum atomic E-state index is 13.3.